The lowest BCUT2D eigenvalue weighted by Gasteiger charge is -2.15. The first-order chi connectivity index (χ1) is 10.2. The van der Waals surface area contributed by atoms with Gasteiger partial charge in [0.1, 0.15) is 6.10 Å². The maximum absolute atomic E-state index is 10.7. The van der Waals surface area contributed by atoms with Crippen LogP contribution in [0.15, 0.2) is 69.7 Å². The van der Waals surface area contributed by atoms with Crippen LogP contribution in [0.1, 0.15) is 17.4 Å². The van der Waals surface area contributed by atoms with Crippen LogP contribution in [-0.4, -0.2) is 14.9 Å². The number of para-hydroxylation sites is 1. The van der Waals surface area contributed by atoms with E-state index in [-0.39, 0.29) is 0 Å². The minimum atomic E-state index is -0.764. The van der Waals surface area contributed by atoms with E-state index in [1.54, 1.807) is 10.9 Å². The number of aliphatic hydroxyl groups excluding tert-OH is 1. The first kappa shape index (κ1) is 14.5. The number of nitrogens with zero attached hydrogens (tertiary/aromatic N) is 2. The van der Waals surface area contributed by atoms with Crippen molar-refractivity contribution in [2.45, 2.75) is 6.10 Å². The van der Waals surface area contributed by atoms with Gasteiger partial charge in [0, 0.05) is 20.7 Å². The van der Waals surface area contributed by atoms with Gasteiger partial charge in [0.05, 0.1) is 11.4 Å². The van der Waals surface area contributed by atoms with E-state index in [1.165, 1.54) is 0 Å². The first-order valence-electron chi connectivity index (χ1n) is 6.39. The molecule has 0 bridgehead atoms. The maximum Gasteiger partial charge on any atom is 0.122 e. The Labute approximate surface area is 139 Å². The smallest absolute Gasteiger partial charge is 0.122 e. The molecule has 0 aliphatic rings. The SMILES string of the molecule is OC(c1cc(Br)ccc1Br)c1ccnn1-c1ccccc1. The average Bonchev–Trinajstić information content (AvgIpc) is 2.99. The van der Waals surface area contributed by atoms with Crippen LogP contribution in [0.2, 0.25) is 0 Å². The molecule has 0 saturated heterocycles. The summed E-state index contributed by atoms with van der Waals surface area (Å²) in [5.41, 5.74) is 2.43. The largest absolute Gasteiger partial charge is 0.382 e. The van der Waals surface area contributed by atoms with Crippen molar-refractivity contribution in [3.05, 3.63) is 81.0 Å². The summed E-state index contributed by atoms with van der Waals surface area (Å²) in [6, 6.07) is 17.3. The number of halogens is 2. The predicted octanol–water partition coefficient (Wildman–Crippen LogP) is 4.48. The van der Waals surface area contributed by atoms with Gasteiger partial charge in [0.15, 0.2) is 0 Å². The zero-order chi connectivity index (χ0) is 14.8. The Balaban J connectivity index is 2.06. The van der Waals surface area contributed by atoms with Crippen molar-refractivity contribution in [3.63, 3.8) is 0 Å². The van der Waals surface area contributed by atoms with Crippen LogP contribution < -0.4 is 0 Å². The van der Waals surface area contributed by atoms with E-state index < -0.39 is 6.10 Å². The van der Waals surface area contributed by atoms with Gasteiger partial charge < -0.3 is 5.11 Å². The Hall–Kier alpha value is -1.43. The lowest BCUT2D eigenvalue weighted by atomic mass is 10.1. The van der Waals surface area contributed by atoms with Crippen molar-refractivity contribution < 1.29 is 5.11 Å². The van der Waals surface area contributed by atoms with Gasteiger partial charge >= 0.3 is 0 Å². The topological polar surface area (TPSA) is 38.1 Å². The quantitative estimate of drug-likeness (QED) is 0.695. The molecule has 1 atom stereocenters. The molecule has 0 amide bonds. The molecule has 3 nitrogen and oxygen atoms in total. The highest BCUT2D eigenvalue weighted by atomic mass is 79.9. The number of rotatable bonds is 3. The Morgan fingerprint density at radius 2 is 1.76 bits per heavy atom. The summed E-state index contributed by atoms with van der Waals surface area (Å²) in [6.07, 6.45) is 0.928. The Morgan fingerprint density at radius 3 is 2.52 bits per heavy atom. The Morgan fingerprint density at radius 1 is 1.00 bits per heavy atom. The standard InChI is InChI=1S/C16H12Br2N2O/c17-11-6-7-14(18)13(10-11)16(21)15-8-9-19-20(15)12-4-2-1-3-5-12/h1-10,16,21H. The normalized spacial score (nSPS) is 12.3. The molecule has 0 radical (unpaired) electrons. The number of hydrogen-bond acceptors (Lipinski definition) is 2. The van der Waals surface area contributed by atoms with Crippen LogP contribution in [0, 0.1) is 0 Å². The molecule has 106 valence electrons. The van der Waals surface area contributed by atoms with Gasteiger partial charge in [-0.15, -0.1) is 0 Å². The fraction of sp³-hybridized carbons (Fsp3) is 0.0625. The molecule has 2 aromatic carbocycles. The number of aliphatic hydroxyl groups is 1. The molecular weight excluding hydrogens is 396 g/mol. The van der Waals surface area contributed by atoms with Crippen molar-refractivity contribution in [2.75, 3.05) is 0 Å². The lowest BCUT2D eigenvalue weighted by molar-refractivity contribution is 0.211. The van der Waals surface area contributed by atoms with Crippen molar-refractivity contribution >= 4 is 31.9 Å². The van der Waals surface area contributed by atoms with E-state index in [9.17, 15) is 5.11 Å². The highest BCUT2D eigenvalue weighted by molar-refractivity contribution is 9.11. The molecule has 1 unspecified atom stereocenters. The molecular formula is C16H12Br2N2O. The number of aromatic nitrogens is 2. The zero-order valence-corrected chi connectivity index (χ0v) is 14.1. The summed E-state index contributed by atoms with van der Waals surface area (Å²) in [6.45, 7) is 0. The molecule has 0 saturated carbocycles. The Bertz CT molecular complexity index is 756. The molecule has 0 spiro atoms. The molecule has 0 aliphatic heterocycles. The van der Waals surface area contributed by atoms with Gasteiger partial charge in [0.2, 0.25) is 0 Å². The third-order valence-corrected chi connectivity index (χ3v) is 4.42. The van der Waals surface area contributed by atoms with Crippen LogP contribution in [0.25, 0.3) is 5.69 Å². The minimum absolute atomic E-state index is 0.722. The van der Waals surface area contributed by atoms with Crippen LogP contribution in [0.3, 0.4) is 0 Å². The second-order valence-corrected chi connectivity index (χ2v) is 6.34. The van der Waals surface area contributed by atoms with E-state index in [0.29, 0.717) is 0 Å². The summed E-state index contributed by atoms with van der Waals surface area (Å²) in [5.74, 6) is 0. The molecule has 21 heavy (non-hydrogen) atoms. The van der Waals surface area contributed by atoms with E-state index in [2.05, 4.69) is 37.0 Å². The Kier molecular flexibility index (Phi) is 4.24. The van der Waals surface area contributed by atoms with Gasteiger partial charge in [-0.25, -0.2) is 4.68 Å². The lowest BCUT2D eigenvalue weighted by Crippen LogP contribution is -2.09. The van der Waals surface area contributed by atoms with Gasteiger partial charge in [-0.3, -0.25) is 0 Å². The highest BCUT2D eigenvalue weighted by Gasteiger charge is 2.19. The monoisotopic (exact) mass is 406 g/mol. The fourth-order valence-electron chi connectivity index (χ4n) is 2.19. The van der Waals surface area contributed by atoms with Crippen molar-refractivity contribution in [3.8, 4) is 5.69 Å². The summed E-state index contributed by atoms with van der Waals surface area (Å²) in [4.78, 5) is 0. The molecule has 3 aromatic rings. The molecule has 0 fully saturated rings. The second kappa shape index (κ2) is 6.13. The fourth-order valence-corrected chi connectivity index (χ4v) is 3.03. The number of benzene rings is 2. The average molecular weight is 408 g/mol. The second-order valence-electron chi connectivity index (χ2n) is 4.57. The van der Waals surface area contributed by atoms with Crippen LogP contribution in [0.5, 0.6) is 0 Å². The number of hydrogen-bond donors (Lipinski definition) is 1. The van der Waals surface area contributed by atoms with Gasteiger partial charge in [-0.05, 0) is 36.4 Å². The zero-order valence-electron chi connectivity index (χ0n) is 10.9. The molecule has 1 aromatic heterocycles. The highest BCUT2D eigenvalue weighted by Crippen LogP contribution is 2.31. The van der Waals surface area contributed by atoms with Crippen LogP contribution >= 0.6 is 31.9 Å². The summed E-state index contributed by atoms with van der Waals surface area (Å²) in [7, 11) is 0. The van der Waals surface area contributed by atoms with E-state index in [0.717, 1.165) is 25.9 Å². The van der Waals surface area contributed by atoms with Crippen molar-refractivity contribution in [2.24, 2.45) is 0 Å². The maximum atomic E-state index is 10.7. The third-order valence-electron chi connectivity index (χ3n) is 3.21. The third kappa shape index (κ3) is 2.95. The predicted molar refractivity (Wildman–Crippen MR) is 89.5 cm³/mol. The van der Waals surface area contributed by atoms with Gasteiger partial charge in [-0.1, -0.05) is 50.1 Å². The summed E-state index contributed by atoms with van der Waals surface area (Å²) < 4.78 is 3.53. The van der Waals surface area contributed by atoms with Crippen LogP contribution in [-0.2, 0) is 0 Å². The molecule has 5 heteroatoms. The minimum Gasteiger partial charge on any atom is -0.382 e. The summed E-state index contributed by atoms with van der Waals surface area (Å²) in [5, 5.41) is 15.0. The first-order valence-corrected chi connectivity index (χ1v) is 7.98. The molecule has 3 rings (SSSR count). The van der Waals surface area contributed by atoms with Crippen molar-refractivity contribution in [1.29, 1.82) is 0 Å². The molecule has 1 N–H and O–H groups in total. The van der Waals surface area contributed by atoms with E-state index in [4.69, 9.17) is 0 Å². The summed E-state index contributed by atoms with van der Waals surface area (Å²) >= 11 is 6.92. The molecule has 1 heterocycles. The molecule has 0 aliphatic carbocycles. The van der Waals surface area contributed by atoms with E-state index in [1.807, 2.05) is 54.6 Å². The van der Waals surface area contributed by atoms with E-state index >= 15 is 0 Å². The van der Waals surface area contributed by atoms with Gasteiger partial charge in [0.25, 0.3) is 0 Å². The van der Waals surface area contributed by atoms with Crippen molar-refractivity contribution in [1.82, 2.24) is 9.78 Å². The van der Waals surface area contributed by atoms with Crippen LogP contribution in [0.4, 0.5) is 0 Å². The van der Waals surface area contributed by atoms with Gasteiger partial charge in [-0.2, -0.15) is 5.10 Å².